The Bertz CT molecular complexity index is 897. The third kappa shape index (κ3) is 1.92. The summed E-state index contributed by atoms with van der Waals surface area (Å²) >= 11 is 6.14. The van der Waals surface area contributed by atoms with E-state index in [0.717, 1.165) is 5.39 Å². The molecule has 3 aromatic rings. The lowest BCUT2D eigenvalue weighted by Crippen LogP contribution is -2.14. The highest BCUT2D eigenvalue weighted by Gasteiger charge is 2.23. The van der Waals surface area contributed by atoms with E-state index in [4.69, 9.17) is 11.6 Å². The Labute approximate surface area is 122 Å². The first-order valence-electron chi connectivity index (χ1n) is 6.09. The quantitative estimate of drug-likeness (QED) is 0.721. The van der Waals surface area contributed by atoms with E-state index in [-0.39, 0.29) is 10.0 Å². The Hall–Kier alpha value is -1.78. The Balaban J connectivity index is 2.36. The molecule has 0 aliphatic carbocycles. The second kappa shape index (κ2) is 4.65. The first kappa shape index (κ1) is 13.2. The molecule has 2 aromatic carbocycles. The molecule has 0 amide bonds. The summed E-state index contributed by atoms with van der Waals surface area (Å²) in [5, 5.41) is 0.990. The van der Waals surface area contributed by atoms with Crippen molar-refractivity contribution in [1.29, 1.82) is 0 Å². The Morgan fingerprint density at radius 2 is 1.65 bits per heavy atom. The first-order valence-corrected chi connectivity index (χ1v) is 7.91. The topological polar surface area (TPSA) is 39.1 Å². The lowest BCUT2D eigenvalue weighted by atomic mass is 10.2. The second-order valence-electron chi connectivity index (χ2n) is 4.56. The summed E-state index contributed by atoms with van der Waals surface area (Å²) in [5.74, 6) is 0. The van der Waals surface area contributed by atoms with Crippen LogP contribution in [0.2, 0.25) is 5.15 Å². The zero-order valence-corrected chi connectivity index (χ0v) is 12.3. The highest BCUT2D eigenvalue weighted by Crippen LogP contribution is 2.29. The van der Waals surface area contributed by atoms with Crippen LogP contribution < -0.4 is 0 Å². The van der Waals surface area contributed by atoms with Gasteiger partial charge in [-0.25, -0.2) is 12.4 Å². The Morgan fingerprint density at radius 3 is 2.40 bits per heavy atom. The molecule has 0 radical (unpaired) electrons. The van der Waals surface area contributed by atoms with Crippen molar-refractivity contribution >= 4 is 32.5 Å². The van der Waals surface area contributed by atoms with E-state index in [1.807, 2.05) is 18.2 Å². The van der Waals surface area contributed by atoms with E-state index in [1.165, 1.54) is 3.97 Å². The maximum absolute atomic E-state index is 12.8. The molecule has 20 heavy (non-hydrogen) atoms. The van der Waals surface area contributed by atoms with Crippen molar-refractivity contribution in [1.82, 2.24) is 3.97 Å². The predicted octanol–water partition coefficient (Wildman–Crippen LogP) is 3.84. The number of hydrogen-bond donors (Lipinski definition) is 0. The van der Waals surface area contributed by atoms with Crippen LogP contribution in [0, 0.1) is 6.92 Å². The molecule has 102 valence electrons. The van der Waals surface area contributed by atoms with Crippen molar-refractivity contribution in [2.45, 2.75) is 11.8 Å². The summed E-state index contributed by atoms with van der Waals surface area (Å²) in [7, 11) is -3.70. The SMILES string of the molecule is Cc1ccccc1S(=O)(=O)n1c(Cl)cc2ccccc21. The van der Waals surface area contributed by atoms with Gasteiger partial charge in [-0.3, -0.25) is 0 Å². The maximum atomic E-state index is 12.8. The van der Waals surface area contributed by atoms with Crippen LogP contribution >= 0.6 is 11.6 Å². The molecule has 0 N–H and O–H groups in total. The summed E-state index contributed by atoms with van der Waals surface area (Å²) in [6.07, 6.45) is 0. The van der Waals surface area contributed by atoms with E-state index >= 15 is 0 Å². The molecule has 0 bridgehead atoms. The van der Waals surface area contributed by atoms with E-state index in [2.05, 4.69) is 0 Å². The van der Waals surface area contributed by atoms with Gasteiger partial charge < -0.3 is 0 Å². The van der Waals surface area contributed by atoms with Crippen molar-refractivity contribution < 1.29 is 8.42 Å². The molecule has 1 heterocycles. The number of benzene rings is 2. The van der Waals surface area contributed by atoms with Gasteiger partial charge in [-0.05, 0) is 30.7 Å². The lowest BCUT2D eigenvalue weighted by Gasteiger charge is -2.11. The van der Waals surface area contributed by atoms with Gasteiger partial charge in [0.1, 0.15) is 5.15 Å². The fraction of sp³-hybridized carbons (Fsp3) is 0.0667. The molecule has 3 rings (SSSR count). The summed E-state index contributed by atoms with van der Waals surface area (Å²) in [4.78, 5) is 0.267. The van der Waals surface area contributed by atoms with Crippen LogP contribution in [-0.4, -0.2) is 12.4 Å². The fourth-order valence-corrected chi connectivity index (χ4v) is 4.40. The Kier molecular flexibility index (Phi) is 3.07. The zero-order valence-electron chi connectivity index (χ0n) is 10.7. The van der Waals surface area contributed by atoms with Crippen molar-refractivity contribution in [2.24, 2.45) is 0 Å². The minimum atomic E-state index is -3.70. The van der Waals surface area contributed by atoms with Gasteiger partial charge in [0.2, 0.25) is 0 Å². The van der Waals surface area contributed by atoms with Gasteiger partial charge >= 0.3 is 0 Å². The number of para-hydroxylation sites is 1. The van der Waals surface area contributed by atoms with Gasteiger partial charge in [-0.2, -0.15) is 0 Å². The van der Waals surface area contributed by atoms with E-state index in [0.29, 0.717) is 11.1 Å². The van der Waals surface area contributed by atoms with Crippen molar-refractivity contribution in [2.75, 3.05) is 0 Å². The molecule has 0 fully saturated rings. The monoisotopic (exact) mass is 305 g/mol. The number of nitrogens with zero attached hydrogens (tertiary/aromatic N) is 1. The molecule has 0 atom stereocenters. The average molecular weight is 306 g/mol. The second-order valence-corrected chi connectivity index (χ2v) is 6.70. The molecule has 5 heteroatoms. The smallest absolute Gasteiger partial charge is 0.223 e. The van der Waals surface area contributed by atoms with Gasteiger partial charge in [0.25, 0.3) is 10.0 Å². The average Bonchev–Trinajstić information content (AvgIpc) is 2.75. The summed E-state index contributed by atoms with van der Waals surface area (Å²) < 4.78 is 26.8. The van der Waals surface area contributed by atoms with E-state index < -0.39 is 10.0 Å². The molecular formula is C15H12ClNO2S. The van der Waals surface area contributed by atoms with Crippen molar-refractivity contribution in [3.05, 3.63) is 65.3 Å². The largest absolute Gasteiger partial charge is 0.269 e. The van der Waals surface area contributed by atoms with Crippen LogP contribution in [0.1, 0.15) is 5.56 Å². The Morgan fingerprint density at radius 1 is 1.00 bits per heavy atom. The molecule has 0 saturated carbocycles. The molecule has 0 aliphatic rings. The first-order chi connectivity index (χ1) is 9.51. The molecule has 0 saturated heterocycles. The standard InChI is InChI=1S/C15H12ClNO2S/c1-11-6-2-5-9-14(11)20(18,19)17-13-8-4-3-7-12(13)10-15(17)16/h2-10H,1H3. The van der Waals surface area contributed by atoms with Gasteiger partial charge in [0.05, 0.1) is 10.4 Å². The van der Waals surface area contributed by atoms with Crippen LogP contribution in [0.25, 0.3) is 10.9 Å². The van der Waals surface area contributed by atoms with Crippen LogP contribution in [0.5, 0.6) is 0 Å². The molecule has 0 aliphatic heterocycles. The minimum absolute atomic E-state index is 0.189. The molecule has 0 unspecified atom stereocenters. The van der Waals surface area contributed by atoms with E-state index in [1.54, 1.807) is 43.3 Å². The van der Waals surface area contributed by atoms with Gasteiger partial charge in [0, 0.05) is 5.39 Å². The third-order valence-corrected chi connectivity index (χ3v) is 5.50. The van der Waals surface area contributed by atoms with Crippen LogP contribution in [-0.2, 0) is 10.0 Å². The number of halogens is 1. The maximum Gasteiger partial charge on any atom is 0.269 e. The van der Waals surface area contributed by atoms with Gasteiger partial charge in [-0.15, -0.1) is 0 Å². The zero-order chi connectivity index (χ0) is 14.3. The minimum Gasteiger partial charge on any atom is -0.223 e. The third-order valence-electron chi connectivity index (χ3n) is 3.24. The fourth-order valence-electron chi connectivity index (χ4n) is 2.29. The van der Waals surface area contributed by atoms with Gasteiger partial charge in [0.15, 0.2) is 0 Å². The number of rotatable bonds is 2. The summed E-state index contributed by atoms with van der Waals surface area (Å²) in [6.45, 7) is 1.77. The summed E-state index contributed by atoms with van der Waals surface area (Å²) in [6, 6.07) is 15.8. The normalized spacial score (nSPS) is 11.9. The number of fused-ring (bicyclic) bond motifs is 1. The highest BCUT2D eigenvalue weighted by molar-refractivity contribution is 7.90. The van der Waals surface area contributed by atoms with Crippen molar-refractivity contribution in [3.8, 4) is 0 Å². The molecular weight excluding hydrogens is 294 g/mol. The lowest BCUT2D eigenvalue weighted by molar-refractivity contribution is 0.588. The number of hydrogen-bond acceptors (Lipinski definition) is 2. The van der Waals surface area contributed by atoms with Crippen molar-refractivity contribution in [3.63, 3.8) is 0 Å². The number of aromatic nitrogens is 1. The van der Waals surface area contributed by atoms with Crippen LogP contribution in [0.4, 0.5) is 0 Å². The van der Waals surface area contributed by atoms with Gasteiger partial charge in [-0.1, -0.05) is 48.0 Å². The summed E-state index contributed by atoms with van der Waals surface area (Å²) in [5.41, 5.74) is 1.28. The molecule has 0 spiro atoms. The molecule has 1 aromatic heterocycles. The van der Waals surface area contributed by atoms with E-state index in [9.17, 15) is 8.42 Å². The number of aryl methyl sites for hydroxylation is 1. The predicted molar refractivity (Wildman–Crippen MR) is 80.7 cm³/mol. The van der Waals surface area contributed by atoms with Crippen LogP contribution in [0.3, 0.4) is 0 Å². The highest BCUT2D eigenvalue weighted by atomic mass is 35.5. The molecule has 3 nitrogen and oxygen atoms in total. The van der Waals surface area contributed by atoms with Crippen LogP contribution in [0.15, 0.2) is 59.5 Å².